The van der Waals surface area contributed by atoms with Crippen molar-refractivity contribution >= 4 is 5.91 Å². The fourth-order valence-electron chi connectivity index (χ4n) is 3.12. The lowest BCUT2D eigenvalue weighted by molar-refractivity contribution is -0.132. The van der Waals surface area contributed by atoms with Crippen molar-refractivity contribution < 1.29 is 18.3 Å². The van der Waals surface area contributed by atoms with Crippen molar-refractivity contribution in [3.8, 4) is 5.75 Å². The molecule has 6 heteroatoms. The summed E-state index contributed by atoms with van der Waals surface area (Å²) < 4.78 is 32.1. The predicted molar refractivity (Wildman–Crippen MR) is 89.0 cm³/mol. The summed E-state index contributed by atoms with van der Waals surface area (Å²) in [4.78, 5) is 18.2. The van der Waals surface area contributed by atoms with Gasteiger partial charge in [-0.05, 0) is 49.1 Å². The van der Waals surface area contributed by atoms with Crippen LogP contribution in [0.1, 0.15) is 37.3 Å². The zero-order valence-electron chi connectivity index (χ0n) is 13.8. The number of carbonyl (C=O) groups is 1. The molecule has 0 radical (unpaired) electrons. The van der Waals surface area contributed by atoms with Crippen molar-refractivity contribution in [3.63, 3.8) is 0 Å². The van der Waals surface area contributed by atoms with Crippen molar-refractivity contribution in [2.24, 2.45) is 0 Å². The molecule has 1 aliphatic heterocycles. The van der Waals surface area contributed by atoms with Gasteiger partial charge in [-0.1, -0.05) is 6.07 Å². The number of hydrogen-bond donors (Lipinski definition) is 0. The third-order valence-corrected chi connectivity index (χ3v) is 4.34. The van der Waals surface area contributed by atoms with Crippen LogP contribution in [0, 0.1) is 11.6 Å². The molecule has 1 atom stereocenters. The van der Waals surface area contributed by atoms with Crippen LogP contribution in [0.4, 0.5) is 8.78 Å². The summed E-state index contributed by atoms with van der Waals surface area (Å²) in [6.45, 7) is 1.08. The number of likely N-dealkylation sites (tertiary alicyclic amines) is 1. The highest BCUT2D eigenvalue weighted by molar-refractivity contribution is 5.77. The van der Waals surface area contributed by atoms with Crippen molar-refractivity contribution in [3.05, 3.63) is 59.9 Å². The van der Waals surface area contributed by atoms with Crippen molar-refractivity contribution in [1.29, 1.82) is 0 Å². The molecule has 3 rings (SSSR count). The van der Waals surface area contributed by atoms with Gasteiger partial charge in [0.1, 0.15) is 5.75 Å². The molecule has 0 bridgehead atoms. The Bertz CT molecular complexity index is 725. The molecule has 1 unspecified atom stereocenters. The van der Waals surface area contributed by atoms with E-state index in [4.69, 9.17) is 4.74 Å². The summed E-state index contributed by atoms with van der Waals surface area (Å²) in [5.74, 6) is -1.05. The number of aromatic nitrogens is 1. The topological polar surface area (TPSA) is 42.4 Å². The largest absolute Gasteiger partial charge is 0.492 e. The molecule has 1 saturated heterocycles. The van der Waals surface area contributed by atoms with E-state index in [-0.39, 0.29) is 11.9 Å². The Balaban J connectivity index is 1.53. The second kappa shape index (κ2) is 8.05. The van der Waals surface area contributed by atoms with Crippen molar-refractivity contribution in [2.75, 3.05) is 13.2 Å². The first-order valence-corrected chi connectivity index (χ1v) is 8.42. The van der Waals surface area contributed by atoms with Crippen LogP contribution in [0.15, 0.2) is 42.7 Å². The predicted octanol–water partition coefficient (Wildman–Crippen LogP) is 3.88. The Morgan fingerprint density at radius 2 is 2.16 bits per heavy atom. The molecule has 1 aromatic carbocycles. The molecule has 0 N–H and O–H groups in total. The van der Waals surface area contributed by atoms with Crippen LogP contribution in [-0.2, 0) is 4.79 Å². The number of benzene rings is 1. The highest BCUT2D eigenvalue weighted by Crippen LogP contribution is 2.33. The smallest absolute Gasteiger partial charge is 0.223 e. The molecule has 2 aromatic rings. The van der Waals surface area contributed by atoms with Crippen LogP contribution in [-0.4, -0.2) is 28.9 Å². The minimum Gasteiger partial charge on any atom is -0.492 e. The molecule has 1 aromatic heterocycles. The second-order valence-electron chi connectivity index (χ2n) is 6.06. The fraction of sp³-hybridized carbons (Fsp3) is 0.368. The van der Waals surface area contributed by atoms with Crippen LogP contribution in [0.2, 0.25) is 0 Å². The number of halogens is 2. The summed E-state index contributed by atoms with van der Waals surface area (Å²) in [7, 11) is 0. The minimum atomic E-state index is -0.873. The molecule has 2 heterocycles. The van der Waals surface area contributed by atoms with Crippen LogP contribution >= 0.6 is 0 Å². The minimum absolute atomic E-state index is 0.0158. The second-order valence-corrected chi connectivity index (χ2v) is 6.06. The Labute approximate surface area is 145 Å². The quantitative estimate of drug-likeness (QED) is 0.746. The molecule has 0 saturated carbocycles. The van der Waals surface area contributed by atoms with Gasteiger partial charge in [0, 0.05) is 19.2 Å². The maximum Gasteiger partial charge on any atom is 0.223 e. The number of nitrogens with zero attached hydrogens (tertiary/aromatic N) is 2. The lowest BCUT2D eigenvalue weighted by atomic mass is 10.0. The molecule has 132 valence electrons. The first-order chi connectivity index (χ1) is 12.1. The molecular formula is C19H20F2N2O2. The molecular weight excluding hydrogens is 326 g/mol. The van der Waals surface area contributed by atoms with E-state index in [1.165, 1.54) is 6.07 Å². The lowest BCUT2D eigenvalue weighted by Gasteiger charge is -2.25. The molecule has 1 aliphatic rings. The van der Waals surface area contributed by atoms with Gasteiger partial charge in [-0.25, -0.2) is 8.78 Å². The van der Waals surface area contributed by atoms with Crippen LogP contribution in [0.5, 0.6) is 5.75 Å². The van der Waals surface area contributed by atoms with Crippen LogP contribution in [0.25, 0.3) is 0 Å². The Morgan fingerprint density at radius 1 is 1.28 bits per heavy atom. The van der Waals surface area contributed by atoms with E-state index >= 15 is 0 Å². The normalized spacial score (nSPS) is 16.9. The van der Waals surface area contributed by atoms with Gasteiger partial charge in [-0.3, -0.25) is 9.78 Å². The molecule has 25 heavy (non-hydrogen) atoms. The number of carbonyl (C=O) groups excluding carboxylic acids is 1. The van der Waals surface area contributed by atoms with E-state index < -0.39 is 11.6 Å². The van der Waals surface area contributed by atoms with Gasteiger partial charge >= 0.3 is 0 Å². The zero-order valence-corrected chi connectivity index (χ0v) is 13.8. The summed E-state index contributed by atoms with van der Waals surface area (Å²) >= 11 is 0. The van der Waals surface area contributed by atoms with Gasteiger partial charge in [0.25, 0.3) is 0 Å². The standard InChI is InChI=1S/C19H20F2N2O2/c20-16-8-7-14(12-17(16)21)18-5-2-10-23(18)19(24)6-3-11-25-15-4-1-9-22-13-15/h1,4,7-9,12-13,18H,2-3,5-6,10-11H2. The number of pyridine rings is 1. The van der Waals surface area contributed by atoms with E-state index in [0.29, 0.717) is 37.3 Å². The van der Waals surface area contributed by atoms with Crippen molar-refractivity contribution in [2.45, 2.75) is 31.7 Å². The summed E-state index contributed by atoms with van der Waals surface area (Å²) in [5.41, 5.74) is 0.649. The first-order valence-electron chi connectivity index (χ1n) is 8.42. The summed E-state index contributed by atoms with van der Waals surface area (Å²) in [6, 6.07) is 7.29. The van der Waals surface area contributed by atoms with Gasteiger partial charge in [0.15, 0.2) is 11.6 Å². The van der Waals surface area contributed by atoms with Gasteiger partial charge in [-0.2, -0.15) is 0 Å². The van der Waals surface area contributed by atoms with E-state index in [0.717, 1.165) is 18.9 Å². The lowest BCUT2D eigenvalue weighted by Crippen LogP contribution is -2.30. The Hall–Kier alpha value is -2.50. The number of amides is 1. The van der Waals surface area contributed by atoms with E-state index in [2.05, 4.69) is 4.98 Å². The maximum atomic E-state index is 13.5. The monoisotopic (exact) mass is 346 g/mol. The average molecular weight is 346 g/mol. The SMILES string of the molecule is O=C(CCCOc1cccnc1)N1CCCC1c1ccc(F)c(F)c1. The first kappa shape index (κ1) is 17.3. The maximum absolute atomic E-state index is 13.5. The summed E-state index contributed by atoms with van der Waals surface area (Å²) in [5, 5.41) is 0. The molecule has 1 amide bonds. The van der Waals surface area contributed by atoms with Crippen molar-refractivity contribution in [1.82, 2.24) is 9.88 Å². The average Bonchev–Trinajstić information content (AvgIpc) is 3.12. The highest BCUT2D eigenvalue weighted by atomic mass is 19.2. The van der Waals surface area contributed by atoms with Gasteiger partial charge in [0.2, 0.25) is 5.91 Å². The number of ether oxygens (including phenoxy) is 1. The third kappa shape index (κ3) is 4.32. The van der Waals surface area contributed by atoms with Crippen LogP contribution < -0.4 is 4.74 Å². The molecule has 1 fully saturated rings. The fourth-order valence-corrected chi connectivity index (χ4v) is 3.12. The Morgan fingerprint density at radius 3 is 2.92 bits per heavy atom. The van der Waals surface area contributed by atoms with Gasteiger partial charge in [0.05, 0.1) is 18.8 Å². The van der Waals surface area contributed by atoms with Gasteiger partial charge < -0.3 is 9.64 Å². The van der Waals surface area contributed by atoms with Gasteiger partial charge in [-0.15, -0.1) is 0 Å². The number of rotatable bonds is 6. The molecule has 4 nitrogen and oxygen atoms in total. The van der Waals surface area contributed by atoms with E-state index in [9.17, 15) is 13.6 Å². The summed E-state index contributed by atoms with van der Waals surface area (Å²) in [6.07, 6.45) is 5.88. The molecule has 0 spiro atoms. The highest BCUT2D eigenvalue weighted by Gasteiger charge is 2.30. The number of hydrogen-bond acceptors (Lipinski definition) is 3. The molecule has 0 aliphatic carbocycles. The Kier molecular flexibility index (Phi) is 5.58. The van der Waals surface area contributed by atoms with E-state index in [1.807, 2.05) is 6.07 Å². The third-order valence-electron chi connectivity index (χ3n) is 4.34. The zero-order chi connectivity index (χ0) is 17.6. The van der Waals surface area contributed by atoms with E-state index in [1.54, 1.807) is 29.4 Å². The van der Waals surface area contributed by atoms with Crippen LogP contribution in [0.3, 0.4) is 0 Å².